The monoisotopic (exact) mass is 537 g/mol. The summed E-state index contributed by atoms with van der Waals surface area (Å²) in [7, 11) is 1.99. The van der Waals surface area contributed by atoms with Gasteiger partial charge in [-0.3, -0.25) is 9.59 Å². The van der Waals surface area contributed by atoms with Crippen LogP contribution in [0.3, 0.4) is 0 Å². The van der Waals surface area contributed by atoms with Gasteiger partial charge in [0.25, 0.3) is 11.8 Å². The van der Waals surface area contributed by atoms with E-state index < -0.39 is 0 Å². The van der Waals surface area contributed by atoms with Crippen LogP contribution in [0.1, 0.15) is 58.9 Å². The SMILES string of the molecule is CCN1CCCCCCN(C(=O)c2cn(C)c3ccccc23)[C@@H](Cc2ccccc2)COc2ccccc2C1=O. The van der Waals surface area contributed by atoms with Crippen molar-refractivity contribution in [2.75, 3.05) is 26.2 Å². The second-order valence-electron chi connectivity index (χ2n) is 10.6. The van der Waals surface area contributed by atoms with E-state index in [2.05, 4.69) is 12.1 Å². The highest BCUT2D eigenvalue weighted by Gasteiger charge is 2.29. The molecule has 0 fully saturated rings. The van der Waals surface area contributed by atoms with E-state index in [1.54, 1.807) is 0 Å². The van der Waals surface area contributed by atoms with E-state index in [4.69, 9.17) is 4.74 Å². The maximum atomic E-state index is 14.3. The molecule has 2 heterocycles. The Bertz CT molecular complexity index is 1450. The number of aryl methyl sites for hydroxylation is 1. The average Bonchev–Trinajstić information content (AvgIpc) is 3.33. The second-order valence-corrected chi connectivity index (χ2v) is 10.6. The highest BCUT2D eigenvalue weighted by atomic mass is 16.5. The van der Waals surface area contributed by atoms with E-state index in [9.17, 15) is 9.59 Å². The van der Waals surface area contributed by atoms with Crippen molar-refractivity contribution in [2.45, 2.75) is 45.1 Å². The Morgan fingerprint density at radius 1 is 0.875 bits per heavy atom. The molecule has 2 amide bonds. The van der Waals surface area contributed by atoms with Gasteiger partial charge in [-0.15, -0.1) is 0 Å². The van der Waals surface area contributed by atoms with Crippen LogP contribution in [0.4, 0.5) is 0 Å². The van der Waals surface area contributed by atoms with Crippen LogP contribution in [0.25, 0.3) is 10.9 Å². The Morgan fingerprint density at radius 3 is 2.38 bits per heavy atom. The fraction of sp³-hybridized carbons (Fsp3) is 0.353. The van der Waals surface area contributed by atoms with Gasteiger partial charge in [0.1, 0.15) is 12.4 Å². The predicted octanol–water partition coefficient (Wildman–Crippen LogP) is 6.35. The molecular formula is C34H39N3O3. The average molecular weight is 538 g/mol. The molecule has 0 spiro atoms. The standard InChI is InChI=1S/C34H39N3O3/c1-3-36-21-13-4-5-14-22-37(34(39)30-24-35(2)31-19-11-9-17-28(30)31)27(23-26-15-7-6-8-16-26)25-40-32-20-12-10-18-29(32)33(36)38/h6-12,15-20,24,27H,3-5,13-14,21-23,25H2,1-2H3/t27-/m0/s1. The molecule has 0 aliphatic carbocycles. The molecule has 1 atom stereocenters. The van der Waals surface area contributed by atoms with Crippen LogP contribution >= 0.6 is 0 Å². The first-order valence-electron chi connectivity index (χ1n) is 14.5. The Morgan fingerprint density at radius 2 is 1.57 bits per heavy atom. The molecule has 0 saturated heterocycles. The third-order valence-corrected chi connectivity index (χ3v) is 7.94. The largest absolute Gasteiger partial charge is 0.491 e. The van der Waals surface area contributed by atoms with Gasteiger partial charge in [0.05, 0.1) is 17.2 Å². The Hall–Kier alpha value is -4.06. The third kappa shape index (κ3) is 6.06. The Balaban J connectivity index is 1.53. The molecule has 4 aromatic rings. The van der Waals surface area contributed by atoms with E-state index in [1.807, 2.05) is 101 Å². The summed E-state index contributed by atoms with van der Waals surface area (Å²) in [5, 5.41) is 0.962. The zero-order chi connectivity index (χ0) is 27.9. The van der Waals surface area contributed by atoms with Crippen LogP contribution in [-0.4, -0.2) is 58.5 Å². The van der Waals surface area contributed by atoms with E-state index >= 15 is 0 Å². The summed E-state index contributed by atoms with van der Waals surface area (Å²) in [4.78, 5) is 31.7. The fourth-order valence-electron chi connectivity index (χ4n) is 5.73. The number of carbonyl (C=O) groups is 2. The fourth-order valence-corrected chi connectivity index (χ4v) is 5.73. The highest BCUT2D eigenvalue weighted by Crippen LogP contribution is 2.26. The van der Waals surface area contributed by atoms with Gasteiger partial charge < -0.3 is 19.1 Å². The molecule has 1 aliphatic heterocycles. The van der Waals surface area contributed by atoms with Crippen molar-refractivity contribution in [3.8, 4) is 5.75 Å². The van der Waals surface area contributed by atoms with E-state index in [1.165, 1.54) is 0 Å². The number of benzene rings is 3. The molecule has 5 rings (SSSR count). The first kappa shape index (κ1) is 27.5. The lowest BCUT2D eigenvalue weighted by atomic mass is 10.0. The van der Waals surface area contributed by atoms with Gasteiger partial charge >= 0.3 is 0 Å². The number of nitrogens with zero attached hydrogens (tertiary/aromatic N) is 3. The summed E-state index contributed by atoms with van der Waals surface area (Å²) < 4.78 is 8.47. The van der Waals surface area contributed by atoms with Gasteiger partial charge in [-0.1, -0.05) is 73.5 Å². The van der Waals surface area contributed by atoms with Crippen LogP contribution < -0.4 is 4.74 Å². The minimum atomic E-state index is -0.206. The molecule has 1 aliphatic rings. The summed E-state index contributed by atoms with van der Waals surface area (Å²) in [6, 6.07) is 25.6. The molecule has 0 saturated carbocycles. The molecule has 0 unspecified atom stereocenters. The normalized spacial score (nSPS) is 17.2. The van der Waals surface area contributed by atoms with Crippen molar-refractivity contribution in [3.63, 3.8) is 0 Å². The van der Waals surface area contributed by atoms with Crippen LogP contribution in [0, 0.1) is 0 Å². The molecule has 0 bridgehead atoms. The number of carbonyl (C=O) groups excluding carboxylic acids is 2. The van der Waals surface area contributed by atoms with Crippen molar-refractivity contribution >= 4 is 22.7 Å². The van der Waals surface area contributed by atoms with E-state index in [0.29, 0.717) is 43.0 Å². The Labute approximate surface area is 237 Å². The highest BCUT2D eigenvalue weighted by molar-refractivity contribution is 6.07. The molecular weight excluding hydrogens is 498 g/mol. The lowest BCUT2D eigenvalue weighted by molar-refractivity contribution is 0.0599. The van der Waals surface area contributed by atoms with Crippen LogP contribution in [0.2, 0.25) is 0 Å². The number of aromatic nitrogens is 1. The van der Waals surface area contributed by atoms with Gasteiger partial charge in [0, 0.05) is 43.8 Å². The minimum absolute atomic E-state index is 0.00143. The number of fused-ring (bicyclic) bond motifs is 2. The number of ether oxygens (including phenoxy) is 1. The number of hydrogen-bond acceptors (Lipinski definition) is 3. The number of amides is 2. The molecule has 40 heavy (non-hydrogen) atoms. The topological polar surface area (TPSA) is 54.8 Å². The minimum Gasteiger partial charge on any atom is -0.491 e. The molecule has 3 aromatic carbocycles. The number of para-hydroxylation sites is 2. The van der Waals surface area contributed by atoms with E-state index in [-0.39, 0.29) is 17.9 Å². The molecule has 6 heteroatoms. The van der Waals surface area contributed by atoms with Gasteiger partial charge in [0.15, 0.2) is 0 Å². The quantitative estimate of drug-likeness (QED) is 0.305. The van der Waals surface area contributed by atoms with E-state index in [0.717, 1.165) is 48.7 Å². The van der Waals surface area contributed by atoms with Crippen molar-refractivity contribution in [1.29, 1.82) is 0 Å². The van der Waals surface area contributed by atoms with Gasteiger partial charge in [-0.25, -0.2) is 0 Å². The maximum Gasteiger partial charge on any atom is 0.257 e. The lowest BCUT2D eigenvalue weighted by Gasteiger charge is -2.33. The third-order valence-electron chi connectivity index (χ3n) is 7.94. The summed E-state index contributed by atoms with van der Waals surface area (Å²) in [5.74, 6) is 0.590. The first-order chi connectivity index (χ1) is 19.6. The number of hydrogen-bond donors (Lipinski definition) is 0. The summed E-state index contributed by atoms with van der Waals surface area (Å²) in [6.45, 7) is 4.36. The lowest BCUT2D eigenvalue weighted by Crippen LogP contribution is -2.45. The van der Waals surface area contributed by atoms with Crippen molar-refractivity contribution in [1.82, 2.24) is 14.4 Å². The van der Waals surface area contributed by atoms with Gasteiger partial charge in [-0.05, 0) is 49.9 Å². The van der Waals surface area contributed by atoms with Crippen molar-refractivity contribution in [2.24, 2.45) is 7.05 Å². The molecule has 6 nitrogen and oxygen atoms in total. The summed E-state index contributed by atoms with van der Waals surface area (Å²) in [5.41, 5.74) is 3.48. The zero-order valence-corrected chi connectivity index (χ0v) is 23.6. The van der Waals surface area contributed by atoms with Crippen molar-refractivity contribution < 1.29 is 14.3 Å². The smallest absolute Gasteiger partial charge is 0.257 e. The Kier molecular flexibility index (Phi) is 8.84. The summed E-state index contributed by atoms with van der Waals surface area (Å²) in [6.07, 6.45) is 6.47. The first-order valence-corrected chi connectivity index (χ1v) is 14.5. The predicted molar refractivity (Wildman–Crippen MR) is 160 cm³/mol. The summed E-state index contributed by atoms with van der Waals surface area (Å²) >= 11 is 0. The van der Waals surface area contributed by atoms with Crippen LogP contribution in [-0.2, 0) is 13.5 Å². The molecule has 208 valence electrons. The van der Waals surface area contributed by atoms with Crippen LogP contribution in [0.15, 0.2) is 85.1 Å². The maximum absolute atomic E-state index is 14.3. The van der Waals surface area contributed by atoms with Gasteiger partial charge in [-0.2, -0.15) is 0 Å². The van der Waals surface area contributed by atoms with Crippen LogP contribution in [0.5, 0.6) is 5.75 Å². The number of rotatable bonds is 4. The zero-order valence-electron chi connectivity index (χ0n) is 23.6. The molecule has 0 radical (unpaired) electrons. The second kappa shape index (κ2) is 12.9. The molecule has 0 N–H and O–H groups in total. The van der Waals surface area contributed by atoms with Gasteiger partial charge in [0.2, 0.25) is 0 Å². The molecule has 1 aromatic heterocycles. The van der Waals surface area contributed by atoms with Crippen molar-refractivity contribution in [3.05, 3.63) is 102 Å².